The molecule has 0 fully saturated rings. The van der Waals surface area contributed by atoms with Crippen molar-refractivity contribution in [2.75, 3.05) is 0 Å². The van der Waals surface area contributed by atoms with Crippen molar-refractivity contribution in [1.29, 1.82) is 5.26 Å². The van der Waals surface area contributed by atoms with Crippen LogP contribution >= 0.6 is 0 Å². The molecule has 0 heterocycles. The third-order valence-electron chi connectivity index (χ3n) is 2.70. The van der Waals surface area contributed by atoms with Gasteiger partial charge in [0.2, 0.25) is 0 Å². The first kappa shape index (κ1) is 8.28. The molecule has 1 aliphatic carbocycles. The topological polar surface area (TPSA) is 49.8 Å². The highest BCUT2D eigenvalue weighted by Crippen LogP contribution is 2.32. The first-order chi connectivity index (χ1) is 6.22. The minimum absolute atomic E-state index is 0.183. The summed E-state index contributed by atoms with van der Waals surface area (Å²) in [4.78, 5) is 0. The van der Waals surface area contributed by atoms with E-state index in [-0.39, 0.29) is 6.04 Å². The summed E-state index contributed by atoms with van der Waals surface area (Å²) in [6.07, 6.45) is 2.04. The number of aryl methyl sites for hydroxylation is 2. The van der Waals surface area contributed by atoms with Gasteiger partial charge in [-0.2, -0.15) is 5.26 Å². The molecule has 0 aliphatic heterocycles. The van der Waals surface area contributed by atoms with Crippen LogP contribution in [-0.2, 0) is 6.42 Å². The molecule has 2 nitrogen and oxygen atoms in total. The van der Waals surface area contributed by atoms with Crippen molar-refractivity contribution in [2.45, 2.75) is 25.8 Å². The Morgan fingerprint density at radius 1 is 1.54 bits per heavy atom. The van der Waals surface area contributed by atoms with Gasteiger partial charge in [-0.05, 0) is 48.6 Å². The number of rotatable bonds is 0. The van der Waals surface area contributed by atoms with Crippen molar-refractivity contribution in [3.8, 4) is 6.07 Å². The lowest BCUT2D eigenvalue weighted by atomic mass is 9.99. The minimum atomic E-state index is 0.183. The van der Waals surface area contributed by atoms with Crippen LogP contribution in [0, 0.1) is 18.3 Å². The second-order valence-electron chi connectivity index (χ2n) is 3.62. The number of hydrogen-bond acceptors (Lipinski definition) is 2. The van der Waals surface area contributed by atoms with Crippen LogP contribution < -0.4 is 5.73 Å². The van der Waals surface area contributed by atoms with Gasteiger partial charge in [0.15, 0.2) is 0 Å². The highest BCUT2D eigenvalue weighted by molar-refractivity contribution is 5.47. The number of nitrogens with zero attached hydrogens (tertiary/aromatic N) is 1. The molecule has 0 amide bonds. The fourth-order valence-electron chi connectivity index (χ4n) is 2.13. The standard InChI is InChI=1S/C11H12N2/c1-7-4-8(6-12)5-9-2-3-10(13)11(7)9/h4-5,10H,2-3,13H2,1H3/t10-/m0/s1. The van der Waals surface area contributed by atoms with E-state index in [0.29, 0.717) is 0 Å². The zero-order valence-corrected chi connectivity index (χ0v) is 7.67. The van der Waals surface area contributed by atoms with E-state index < -0.39 is 0 Å². The molecule has 0 saturated heterocycles. The van der Waals surface area contributed by atoms with Gasteiger partial charge >= 0.3 is 0 Å². The minimum Gasteiger partial charge on any atom is -0.324 e. The summed E-state index contributed by atoms with van der Waals surface area (Å²) in [7, 11) is 0. The van der Waals surface area contributed by atoms with Gasteiger partial charge in [0.05, 0.1) is 11.6 Å². The average molecular weight is 172 g/mol. The molecule has 1 atom stereocenters. The molecule has 0 aromatic heterocycles. The number of benzene rings is 1. The Hall–Kier alpha value is -1.33. The van der Waals surface area contributed by atoms with Crippen LogP contribution in [0.5, 0.6) is 0 Å². The van der Waals surface area contributed by atoms with E-state index in [2.05, 4.69) is 6.07 Å². The molecule has 1 aromatic rings. The van der Waals surface area contributed by atoms with E-state index in [0.717, 1.165) is 18.4 Å². The summed E-state index contributed by atoms with van der Waals surface area (Å²) in [6.45, 7) is 2.03. The Bertz CT molecular complexity index is 388. The third kappa shape index (κ3) is 1.22. The molecular weight excluding hydrogens is 160 g/mol. The van der Waals surface area contributed by atoms with Gasteiger partial charge in [0, 0.05) is 6.04 Å². The van der Waals surface area contributed by atoms with E-state index in [1.807, 2.05) is 19.1 Å². The van der Waals surface area contributed by atoms with Crippen LogP contribution in [0.2, 0.25) is 0 Å². The van der Waals surface area contributed by atoms with Crippen LogP contribution in [0.1, 0.15) is 34.7 Å². The van der Waals surface area contributed by atoms with Gasteiger partial charge in [-0.3, -0.25) is 0 Å². The highest BCUT2D eigenvalue weighted by atomic mass is 14.6. The first-order valence-corrected chi connectivity index (χ1v) is 4.51. The molecule has 0 radical (unpaired) electrons. The molecule has 0 saturated carbocycles. The first-order valence-electron chi connectivity index (χ1n) is 4.51. The fraction of sp³-hybridized carbons (Fsp3) is 0.364. The van der Waals surface area contributed by atoms with Crippen LogP contribution in [0.25, 0.3) is 0 Å². The van der Waals surface area contributed by atoms with E-state index in [9.17, 15) is 0 Å². The number of nitriles is 1. The van der Waals surface area contributed by atoms with Crippen molar-refractivity contribution < 1.29 is 0 Å². The largest absolute Gasteiger partial charge is 0.324 e. The lowest BCUT2D eigenvalue weighted by Gasteiger charge is -2.08. The smallest absolute Gasteiger partial charge is 0.0991 e. The monoisotopic (exact) mass is 172 g/mol. The second-order valence-corrected chi connectivity index (χ2v) is 3.62. The molecule has 0 spiro atoms. The molecule has 0 unspecified atom stereocenters. The lowest BCUT2D eigenvalue weighted by molar-refractivity contribution is 0.710. The van der Waals surface area contributed by atoms with Crippen LogP contribution in [0.3, 0.4) is 0 Å². The average Bonchev–Trinajstić information content (AvgIpc) is 2.48. The zero-order chi connectivity index (χ0) is 9.42. The molecule has 66 valence electrons. The van der Waals surface area contributed by atoms with Crippen LogP contribution in [0.15, 0.2) is 12.1 Å². The molecule has 1 aliphatic rings. The van der Waals surface area contributed by atoms with Crippen molar-refractivity contribution in [1.82, 2.24) is 0 Å². The summed E-state index contributed by atoms with van der Waals surface area (Å²) < 4.78 is 0. The van der Waals surface area contributed by atoms with Gasteiger partial charge in [-0.1, -0.05) is 0 Å². The van der Waals surface area contributed by atoms with Crippen LogP contribution in [-0.4, -0.2) is 0 Å². The lowest BCUT2D eigenvalue weighted by Crippen LogP contribution is -2.07. The molecule has 2 N–H and O–H groups in total. The van der Waals surface area contributed by atoms with Crippen LogP contribution in [0.4, 0.5) is 0 Å². The summed E-state index contributed by atoms with van der Waals surface area (Å²) in [6, 6.07) is 6.24. The Labute approximate surface area is 78.0 Å². The second kappa shape index (κ2) is 2.86. The summed E-state index contributed by atoms with van der Waals surface area (Å²) >= 11 is 0. The van der Waals surface area contributed by atoms with Gasteiger partial charge in [0.1, 0.15) is 0 Å². The SMILES string of the molecule is Cc1cc(C#N)cc2c1[C@@H](N)CC2. The van der Waals surface area contributed by atoms with E-state index in [4.69, 9.17) is 11.0 Å². The molecule has 13 heavy (non-hydrogen) atoms. The van der Waals surface area contributed by atoms with E-state index in [1.54, 1.807) is 0 Å². The van der Waals surface area contributed by atoms with Crippen molar-refractivity contribution in [2.24, 2.45) is 5.73 Å². The Kier molecular flexibility index (Phi) is 1.82. The summed E-state index contributed by atoms with van der Waals surface area (Å²) in [5, 5.41) is 8.78. The van der Waals surface area contributed by atoms with E-state index in [1.165, 1.54) is 16.7 Å². The van der Waals surface area contributed by atoms with Crippen molar-refractivity contribution in [3.05, 3.63) is 34.4 Å². The van der Waals surface area contributed by atoms with Gasteiger partial charge < -0.3 is 5.73 Å². The quantitative estimate of drug-likeness (QED) is 0.648. The van der Waals surface area contributed by atoms with Gasteiger partial charge in [-0.25, -0.2) is 0 Å². The maximum atomic E-state index is 8.78. The van der Waals surface area contributed by atoms with Crippen molar-refractivity contribution in [3.63, 3.8) is 0 Å². The predicted octanol–water partition coefficient (Wildman–Crippen LogP) is 1.81. The molecule has 2 rings (SSSR count). The third-order valence-corrected chi connectivity index (χ3v) is 2.70. The Balaban J connectivity index is 2.61. The number of fused-ring (bicyclic) bond motifs is 1. The predicted molar refractivity (Wildman–Crippen MR) is 51.1 cm³/mol. The highest BCUT2D eigenvalue weighted by Gasteiger charge is 2.21. The molecule has 0 bridgehead atoms. The molecule has 1 aromatic carbocycles. The number of nitrogens with two attached hydrogens (primary N) is 1. The molecule has 2 heteroatoms. The summed E-state index contributed by atoms with van der Waals surface area (Å²) in [5.74, 6) is 0. The zero-order valence-electron chi connectivity index (χ0n) is 7.67. The van der Waals surface area contributed by atoms with Crippen molar-refractivity contribution >= 4 is 0 Å². The maximum Gasteiger partial charge on any atom is 0.0991 e. The van der Waals surface area contributed by atoms with E-state index >= 15 is 0 Å². The molecular formula is C11H12N2. The fourth-order valence-corrected chi connectivity index (χ4v) is 2.13. The number of hydrogen-bond donors (Lipinski definition) is 1. The summed E-state index contributed by atoms with van der Waals surface area (Å²) in [5.41, 5.74) is 10.4. The normalized spacial score (nSPS) is 19.6. The Morgan fingerprint density at radius 3 is 3.00 bits per heavy atom. The van der Waals surface area contributed by atoms with Gasteiger partial charge in [-0.15, -0.1) is 0 Å². The maximum absolute atomic E-state index is 8.78. The Morgan fingerprint density at radius 2 is 2.31 bits per heavy atom. The van der Waals surface area contributed by atoms with Gasteiger partial charge in [0.25, 0.3) is 0 Å².